The van der Waals surface area contributed by atoms with E-state index in [9.17, 15) is 14.7 Å². The fraction of sp³-hybridized carbons (Fsp3) is 0.579. The largest absolute Gasteiger partial charge is 0.493 e. The summed E-state index contributed by atoms with van der Waals surface area (Å²) in [7, 11) is 3.08. The van der Waals surface area contributed by atoms with Gasteiger partial charge in [-0.15, -0.1) is 0 Å². The van der Waals surface area contributed by atoms with Crippen molar-refractivity contribution in [1.29, 1.82) is 0 Å². The van der Waals surface area contributed by atoms with Crippen molar-refractivity contribution in [3.63, 3.8) is 0 Å². The van der Waals surface area contributed by atoms with Gasteiger partial charge in [0.1, 0.15) is 6.61 Å². The quantitative estimate of drug-likeness (QED) is 0.774. The number of benzene rings is 1. The summed E-state index contributed by atoms with van der Waals surface area (Å²) in [5.41, 5.74) is 0.712. The molecule has 2 atom stereocenters. The first-order valence-corrected chi connectivity index (χ1v) is 9.10. The fourth-order valence-corrected chi connectivity index (χ4v) is 3.59. The zero-order chi connectivity index (χ0) is 19.4. The Hall–Kier alpha value is -2.32. The van der Waals surface area contributed by atoms with Crippen LogP contribution in [-0.4, -0.2) is 68.4 Å². The van der Waals surface area contributed by atoms with Crippen LogP contribution in [0, 0.1) is 5.92 Å². The van der Waals surface area contributed by atoms with Gasteiger partial charge in [-0.1, -0.05) is 6.07 Å². The van der Waals surface area contributed by atoms with Crippen LogP contribution in [0.15, 0.2) is 18.2 Å². The highest BCUT2D eigenvalue weighted by atomic mass is 16.5. The minimum Gasteiger partial charge on any atom is -0.493 e. The molecule has 2 amide bonds. The summed E-state index contributed by atoms with van der Waals surface area (Å²) in [6.07, 6.45) is 0.733. The Morgan fingerprint density at radius 2 is 1.96 bits per heavy atom. The van der Waals surface area contributed by atoms with Gasteiger partial charge in [-0.25, -0.2) is 0 Å². The Balaban J connectivity index is 1.81. The normalized spacial score (nSPS) is 23.7. The lowest BCUT2D eigenvalue weighted by Gasteiger charge is -2.38. The standard InChI is InChI=1S/C19H26N2O6/c1-25-14-4-3-13(9-15(14)26-2)17-18(27-11-16(23)20-17)19(24)21-7-5-12(10-22)6-8-21/h3-4,9,12,17-18,22H,5-8,10-11H2,1-2H3,(H,20,23)/t17-,18+/m1/s1. The number of amides is 2. The number of hydrogen-bond acceptors (Lipinski definition) is 6. The van der Waals surface area contributed by atoms with Gasteiger partial charge < -0.3 is 29.5 Å². The van der Waals surface area contributed by atoms with Crippen LogP contribution in [0.25, 0.3) is 0 Å². The predicted octanol–water partition coefficient (Wildman–Crippen LogP) is 0.491. The molecular weight excluding hydrogens is 352 g/mol. The zero-order valence-electron chi connectivity index (χ0n) is 15.6. The Bertz CT molecular complexity index is 687. The molecular formula is C19H26N2O6. The summed E-state index contributed by atoms with van der Waals surface area (Å²) in [6.45, 7) is 1.16. The first-order valence-electron chi connectivity index (χ1n) is 9.10. The SMILES string of the molecule is COc1ccc([C@H]2NC(=O)CO[C@@H]2C(=O)N2CCC(CO)CC2)cc1OC. The van der Waals surface area contributed by atoms with Gasteiger partial charge in [0, 0.05) is 19.7 Å². The van der Waals surface area contributed by atoms with E-state index in [2.05, 4.69) is 5.32 Å². The second kappa shape index (κ2) is 8.58. The molecule has 0 saturated carbocycles. The van der Waals surface area contributed by atoms with Crippen LogP contribution in [0.5, 0.6) is 11.5 Å². The van der Waals surface area contributed by atoms with Crippen LogP contribution >= 0.6 is 0 Å². The fourth-order valence-electron chi connectivity index (χ4n) is 3.59. The molecule has 2 fully saturated rings. The third-order valence-electron chi connectivity index (χ3n) is 5.21. The van der Waals surface area contributed by atoms with E-state index in [0.717, 1.165) is 12.8 Å². The average Bonchev–Trinajstić information content (AvgIpc) is 2.72. The van der Waals surface area contributed by atoms with Crippen molar-refractivity contribution in [2.45, 2.75) is 25.0 Å². The smallest absolute Gasteiger partial charge is 0.254 e. The van der Waals surface area contributed by atoms with Crippen LogP contribution in [0.1, 0.15) is 24.4 Å². The van der Waals surface area contributed by atoms with E-state index in [1.807, 2.05) is 0 Å². The van der Waals surface area contributed by atoms with Crippen molar-refractivity contribution in [2.75, 3.05) is 40.5 Å². The Morgan fingerprint density at radius 1 is 1.26 bits per heavy atom. The Labute approximate surface area is 158 Å². The van der Waals surface area contributed by atoms with E-state index in [1.165, 1.54) is 7.11 Å². The molecule has 148 valence electrons. The summed E-state index contributed by atoms with van der Waals surface area (Å²) in [5.74, 6) is 0.912. The third-order valence-corrected chi connectivity index (χ3v) is 5.21. The van der Waals surface area contributed by atoms with E-state index in [-0.39, 0.29) is 30.9 Å². The molecule has 1 aromatic carbocycles. The molecule has 3 rings (SSSR count). The predicted molar refractivity (Wildman–Crippen MR) is 96.6 cm³/mol. The van der Waals surface area contributed by atoms with Crippen LogP contribution in [0.2, 0.25) is 0 Å². The summed E-state index contributed by atoms with van der Waals surface area (Å²) in [4.78, 5) is 26.7. The number of rotatable bonds is 5. The van der Waals surface area contributed by atoms with Gasteiger partial charge in [0.05, 0.1) is 20.3 Å². The van der Waals surface area contributed by atoms with Crippen molar-refractivity contribution in [2.24, 2.45) is 5.92 Å². The van der Waals surface area contributed by atoms with Crippen molar-refractivity contribution in [3.8, 4) is 11.5 Å². The maximum atomic E-state index is 13.0. The van der Waals surface area contributed by atoms with E-state index < -0.39 is 12.1 Å². The lowest BCUT2D eigenvalue weighted by molar-refractivity contribution is -0.156. The van der Waals surface area contributed by atoms with Gasteiger partial charge >= 0.3 is 0 Å². The molecule has 27 heavy (non-hydrogen) atoms. The molecule has 8 heteroatoms. The van der Waals surface area contributed by atoms with Crippen molar-refractivity contribution >= 4 is 11.8 Å². The van der Waals surface area contributed by atoms with Crippen LogP contribution in [-0.2, 0) is 14.3 Å². The number of piperidine rings is 1. The molecule has 0 aliphatic carbocycles. The number of nitrogens with zero attached hydrogens (tertiary/aromatic N) is 1. The molecule has 2 saturated heterocycles. The minimum atomic E-state index is -0.800. The number of carbonyl (C=O) groups is 2. The number of aliphatic hydroxyl groups is 1. The summed E-state index contributed by atoms with van der Waals surface area (Å²) in [5, 5.41) is 12.1. The van der Waals surface area contributed by atoms with Crippen molar-refractivity contribution < 1.29 is 28.9 Å². The molecule has 0 bridgehead atoms. The van der Waals surface area contributed by atoms with Crippen LogP contribution in [0.3, 0.4) is 0 Å². The molecule has 2 heterocycles. The molecule has 2 N–H and O–H groups in total. The molecule has 8 nitrogen and oxygen atoms in total. The lowest BCUT2D eigenvalue weighted by Crippen LogP contribution is -2.54. The molecule has 0 radical (unpaired) electrons. The number of carbonyl (C=O) groups excluding carboxylic acids is 2. The minimum absolute atomic E-state index is 0.145. The molecule has 0 spiro atoms. The van der Waals surface area contributed by atoms with E-state index in [1.54, 1.807) is 30.2 Å². The second-order valence-electron chi connectivity index (χ2n) is 6.84. The highest BCUT2D eigenvalue weighted by molar-refractivity contribution is 5.86. The lowest BCUT2D eigenvalue weighted by atomic mass is 9.95. The summed E-state index contributed by atoms with van der Waals surface area (Å²) in [6, 6.07) is 4.67. The number of hydrogen-bond donors (Lipinski definition) is 2. The van der Waals surface area contributed by atoms with Crippen molar-refractivity contribution in [1.82, 2.24) is 10.2 Å². The van der Waals surface area contributed by atoms with Gasteiger partial charge in [-0.3, -0.25) is 9.59 Å². The third kappa shape index (κ3) is 4.17. The molecule has 2 aliphatic heterocycles. The monoisotopic (exact) mass is 378 g/mol. The first-order chi connectivity index (χ1) is 13.1. The van der Waals surface area contributed by atoms with Gasteiger partial charge in [0.2, 0.25) is 5.91 Å². The molecule has 2 aliphatic rings. The topological polar surface area (TPSA) is 97.3 Å². The first kappa shape index (κ1) is 19.4. The number of likely N-dealkylation sites (tertiary alicyclic amines) is 1. The van der Waals surface area contributed by atoms with Gasteiger partial charge in [-0.2, -0.15) is 0 Å². The van der Waals surface area contributed by atoms with E-state index in [0.29, 0.717) is 30.2 Å². The maximum absolute atomic E-state index is 13.0. The van der Waals surface area contributed by atoms with Gasteiger partial charge in [0.25, 0.3) is 5.91 Å². The molecule has 0 unspecified atom stereocenters. The van der Waals surface area contributed by atoms with Crippen molar-refractivity contribution in [3.05, 3.63) is 23.8 Å². The highest BCUT2D eigenvalue weighted by Crippen LogP contribution is 2.33. The average molecular weight is 378 g/mol. The zero-order valence-corrected chi connectivity index (χ0v) is 15.6. The Morgan fingerprint density at radius 3 is 2.59 bits per heavy atom. The Kier molecular flexibility index (Phi) is 6.18. The summed E-state index contributed by atoms with van der Waals surface area (Å²) < 4.78 is 16.2. The van der Waals surface area contributed by atoms with E-state index in [4.69, 9.17) is 14.2 Å². The number of morpholine rings is 1. The van der Waals surface area contributed by atoms with Gasteiger partial charge in [-0.05, 0) is 36.5 Å². The number of nitrogens with one attached hydrogen (secondary N) is 1. The molecule has 1 aromatic rings. The van der Waals surface area contributed by atoms with Crippen LogP contribution in [0.4, 0.5) is 0 Å². The van der Waals surface area contributed by atoms with Gasteiger partial charge in [0.15, 0.2) is 17.6 Å². The second-order valence-corrected chi connectivity index (χ2v) is 6.84. The van der Waals surface area contributed by atoms with E-state index >= 15 is 0 Å². The van der Waals surface area contributed by atoms with Crippen LogP contribution < -0.4 is 14.8 Å². The highest BCUT2D eigenvalue weighted by Gasteiger charge is 2.39. The molecule has 0 aromatic heterocycles. The number of aliphatic hydroxyl groups excluding tert-OH is 1. The number of methoxy groups -OCH3 is 2. The summed E-state index contributed by atoms with van der Waals surface area (Å²) >= 11 is 0. The maximum Gasteiger partial charge on any atom is 0.254 e. The number of ether oxygens (including phenoxy) is 3.